The highest BCUT2D eigenvalue weighted by Crippen LogP contribution is 2.22. The van der Waals surface area contributed by atoms with Crippen molar-refractivity contribution in [2.24, 2.45) is 5.92 Å². The van der Waals surface area contributed by atoms with Gasteiger partial charge in [0.05, 0.1) is 5.92 Å². The first-order valence-electron chi connectivity index (χ1n) is 6.36. The van der Waals surface area contributed by atoms with Crippen LogP contribution in [0.15, 0.2) is 16.8 Å². The molecule has 112 valence electrons. The van der Waals surface area contributed by atoms with Crippen molar-refractivity contribution < 1.29 is 18.3 Å². The Morgan fingerprint density at radius 3 is 2.95 bits per heavy atom. The number of rotatable bonds is 5. The van der Waals surface area contributed by atoms with E-state index in [1.165, 1.54) is 27.0 Å². The monoisotopic (exact) mass is 318 g/mol. The summed E-state index contributed by atoms with van der Waals surface area (Å²) in [6, 6.07) is 1.88. The second-order valence-electron chi connectivity index (χ2n) is 4.93. The minimum Gasteiger partial charge on any atom is -0.481 e. The van der Waals surface area contributed by atoms with Gasteiger partial charge in [-0.2, -0.15) is 28.4 Å². The van der Waals surface area contributed by atoms with Crippen molar-refractivity contribution in [1.29, 1.82) is 0 Å². The Bertz CT molecular complexity index is 556. The van der Waals surface area contributed by atoms with E-state index >= 15 is 0 Å². The van der Waals surface area contributed by atoms with Gasteiger partial charge in [0.25, 0.3) is 10.2 Å². The molecule has 1 fully saturated rings. The predicted molar refractivity (Wildman–Crippen MR) is 76.6 cm³/mol. The smallest absolute Gasteiger partial charge is 0.307 e. The average Bonchev–Trinajstić information content (AvgIpc) is 2.91. The van der Waals surface area contributed by atoms with Crippen LogP contribution >= 0.6 is 11.3 Å². The quantitative estimate of drug-likeness (QED) is 0.885. The average molecular weight is 318 g/mol. The lowest BCUT2D eigenvalue weighted by Gasteiger charge is -2.32. The highest BCUT2D eigenvalue weighted by Gasteiger charge is 2.34. The van der Waals surface area contributed by atoms with Gasteiger partial charge in [0.2, 0.25) is 0 Å². The molecule has 2 heterocycles. The minimum absolute atomic E-state index is 0.0612. The van der Waals surface area contributed by atoms with Crippen LogP contribution in [0.4, 0.5) is 0 Å². The molecule has 1 atom stereocenters. The van der Waals surface area contributed by atoms with Gasteiger partial charge in [-0.25, -0.2) is 0 Å². The molecule has 1 aromatic heterocycles. The SMILES string of the molecule is CN(Cc1ccsc1)S(=O)(=O)N1CCCC(C(=O)O)C1. The van der Waals surface area contributed by atoms with Crippen molar-refractivity contribution in [3.8, 4) is 0 Å². The number of carboxylic acids is 1. The number of aliphatic carboxylic acids is 1. The molecule has 6 nitrogen and oxygen atoms in total. The Hall–Kier alpha value is -0.960. The van der Waals surface area contributed by atoms with Gasteiger partial charge in [-0.05, 0) is 35.2 Å². The molecule has 0 amide bonds. The van der Waals surface area contributed by atoms with E-state index < -0.39 is 22.1 Å². The predicted octanol–water partition coefficient (Wildman–Crippen LogP) is 1.22. The van der Waals surface area contributed by atoms with E-state index in [0.29, 0.717) is 25.9 Å². The molecule has 0 spiro atoms. The van der Waals surface area contributed by atoms with E-state index in [2.05, 4.69) is 0 Å². The molecule has 0 radical (unpaired) electrons. The maximum Gasteiger partial charge on any atom is 0.307 e. The zero-order valence-electron chi connectivity index (χ0n) is 11.2. The summed E-state index contributed by atoms with van der Waals surface area (Å²) in [5, 5.41) is 12.8. The zero-order valence-corrected chi connectivity index (χ0v) is 12.9. The van der Waals surface area contributed by atoms with Crippen LogP contribution < -0.4 is 0 Å². The molecule has 0 bridgehead atoms. The molecular formula is C12H18N2O4S2. The van der Waals surface area contributed by atoms with Gasteiger partial charge in [-0.15, -0.1) is 0 Å². The topological polar surface area (TPSA) is 77.9 Å². The second-order valence-corrected chi connectivity index (χ2v) is 7.75. The molecule has 1 N–H and O–H groups in total. The lowest BCUT2D eigenvalue weighted by molar-refractivity contribution is -0.142. The van der Waals surface area contributed by atoms with E-state index in [0.717, 1.165) is 5.56 Å². The van der Waals surface area contributed by atoms with Crippen molar-refractivity contribution >= 4 is 27.5 Å². The Morgan fingerprint density at radius 1 is 1.60 bits per heavy atom. The van der Waals surface area contributed by atoms with Crippen LogP contribution in [0.1, 0.15) is 18.4 Å². The Labute approximate surface area is 122 Å². The summed E-state index contributed by atoms with van der Waals surface area (Å²) in [5.41, 5.74) is 0.938. The van der Waals surface area contributed by atoms with Crippen molar-refractivity contribution in [3.05, 3.63) is 22.4 Å². The molecule has 1 saturated heterocycles. The van der Waals surface area contributed by atoms with Crippen LogP contribution in [0, 0.1) is 5.92 Å². The number of hydrogen-bond donors (Lipinski definition) is 1. The first-order valence-corrected chi connectivity index (χ1v) is 8.70. The Kier molecular flexibility index (Phi) is 4.79. The third-order valence-electron chi connectivity index (χ3n) is 3.44. The lowest BCUT2D eigenvalue weighted by Crippen LogP contribution is -2.47. The van der Waals surface area contributed by atoms with Crippen LogP contribution in [-0.2, 0) is 21.5 Å². The van der Waals surface area contributed by atoms with Crippen LogP contribution in [0.5, 0.6) is 0 Å². The summed E-state index contributed by atoms with van der Waals surface area (Å²) in [6.45, 7) is 0.756. The van der Waals surface area contributed by atoms with E-state index in [-0.39, 0.29) is 6.54 Å². The first-order chi connectivity index (χ1) is 9.41. The summed E-state index contributed by atoms with van der Waals surface area (Å²) >= 11 is 1.52. The summed E-state index contributed by atoms with van der Waals surface area (Å²) < 4.78 is 27.4. The molecule has 1 aromatic rings. The van der Waals surface area contributed by atoms with Crippen LogP contribution in [0.25, 0.3) is 0 Å². The fourth-order valence-electron chi connectivity index (χ4n) is 2.27. The molecule has 20 heavy (non-hydrogen) atoms. The van der Waals surface area contributed by atoms with Crippen molar-refractivity contribution in [1.82, 2.24) is 8.61 Å². The van der Waals surface area contributed by atoms with Crippen LogP contribution in [0.2, 0.25) is 0 Å². The van der Waals surface area contributed by atoms with Crippen LogP contribution in [0.3, 0.4) is 0 Å². The third kappa shape index (κ3) is 3.38. The standard InChI is InChI=1S/C12H18N2O4S2/c1-13(7-10-4-6-19-9-10)20(17,18)14-5-2-3-11(8-14)12(15)16/h4,6,9,11H,2-3,5,7-8H2,1H3,(H,15,16). The lowest BCUT2D eigenvalue weighted by atomic mass is 10.0. The number of carbonyl (C=O) groups is 1. The van der Waals surface area contributed by atoms with E-state index in [1.54, 1.807) is 0 Å². The summed E-state index contributed by atoms with van der Waals surface area (Å²) in [6.07, 6.45) is 1.12. The molecule has 1 aliphatic rings. The number of piperidine rings is 1. The van der Waals surface area contributed by atoms with Crippen LogP contribution in [-0.4, -0.2) is 48.2 Å². The van der Waals surface area contributed by atoms with E-state index in [1.807, 2.05) is 16.8 Å². The molecule has 1 aliphatic heterocycles. The summed E-state index contributed by atoms with van der Waals surface area (Å²) in [5.74, 6) is -1.53. The maximum absolute atomic E-state index is 12.4. The van der Waals surface area contributed by atoms with Gasteiger partial charge in [-0.1, -0.05) is 0 Å². The van der Waals surface area contributed by atoms with Gasteiger partial charge < -0.3 is 5.11 Å². The number of thiophene rings is 1. The van der Waals surface area contributed by atoms with Crippen molar-refractivity contribution in [2.45, 2.75) is 19.4 Å². The summed E-state index contributed by atoms with van der Waals surface area (Å²) in [4.78, 5) is 11.0. The van der Waals surface area contributed by atoms with Gasteiger partial charge in [0, 0.05) is 26.7 Å². The highest BCUT2D eigenvalue weighted by molar-refractivity contribution is 7.86. The fourth-order valence-corrected chi connectivity index (χ4v) is 4.37. The Balaban J connectivity index is 2.07. The molecule has 2 rings (SSSR count). The molecule has 0 aromatic carbocycles. The van der Waals surface area contributed by atoms with Gasteiger partial charge >= 0.3 is 5.97 Å². The molecule has 8 heteroatoms. The van der Waals surface area contributed by atoms with E-state index in [9.17, 15) is 13.2 Å². The van der Waals surface area contributed by atoms with Crippen molar-refractivity contribution in [2.75, 3.05) is 20.1 Å². The molecule has 0 saturated carbocycles. The fraction of sp³-hybridized carbons (Fsp3) is 0.583. The summed E-state index contributed by atoms with van der Waals surface area (Å²) in [7, 11) is -2.07. The highest BCUT2D eigenvalue weighted by atomic mass is 32.2. The third-order valence-corrected chi connectivity index (χ3v) is 6.07. The first kappa shape index (κ1) is 15.4. The molecule has 1 unspecified atom stereocenters. The van der Waals surface area contributed by atoms with Gasteiger partial charge in [-0.3, -0.25) is 4.79 Å². The zero-order chi connectivity index (χ0) is 14.8. The Morgan fingerprint density at radius 2 is 2.35 bits per heavy atom. The minimum atomic E-state index is -3.60. The van der Waals surface area contributed by atoms with E-state index in [4.69, 9.17) is 5.11 Å². The molecular weight excluding hydrogens is 300 g/mol. The largest absolute Gasteiger partial charge is 0.481 e. The number of hydrogen-bond acceptors (Lipinski definition) is 4. The maximum atomic E-state index is 12.4. The number of nitrogens with zero attached hydrogens (tertiary/aromatic N) is 2. The molecule has 0 aliphatic carbocycles. The van der Waals surface area contributed by atoms with Crippen molar-refractivity contribution in [3.63, 3.8) is 0 Å². The normalized spacial score (nSPS) is 21.2. The second kappa shape index (κ2) is 6.21. The number of carboxylic acid groups (broad SMARTS) is 1. The van der Waals surface area contributed by atoms with Gasteiger partial charge in [0.15, 0.2) is 0 Å². The van der Waals surface area contributed by atoms with Gasteiger partial charge in [0.1, 0.15) is 0 Å².